The molecule has 144 valence electrons. The number of piperidine rings is 1. The normalized spacial score (nSPS) is 25.3. The Bertz CT molecular complexity index is 731. The SMILES string of the molecule is CN1[C@@H]2CC[C@H]1CC(CC(c1cc(F)cc(F)c1)c1cc(F)cc(F)c1)C2. The third kappa shape index (κ3) is 3.88. The molecule has 2 aliphatic rings. The maximum Gasteiger partial charge on any atom is 0.126 e. The van der Waals surface area contributed by atoms with Crippen LogP contribution in [-0.4, -0.2) is 24.0 Å². The van der Waals surface area contributed by atoms with Crippen molar-refractivity contribution >= 4 is 0 Å². The summed E-state index contributed by atoms with van der Waals surface area (Å²) in [6.07, 6.45) is 5.00. The molecule has 27 heavy (non-hydrogen) atoms. The van der Waals surface area contributed by atoms with Gasteiger partial charge in [0, 0.05) is 30.1 Å². The second-order valence-corrected chi connectivity index (χ2v) is 8.08. The first-order valence-electron chi connectivity index (χ1n) is 9.53. The van der Waals surface area contributed by atoms with E-state index in [-0.39, 0.29) is 0 Å². The molecule has 3 atom stereocenters. The van der Waals surface area contributed by atoms with Gasteiger partial charge in [0.1, 0.15) is 23.3 Å². The van der Waals surface area contributed by atoms with Crippen LogP contribution in [0.4, 0.5) is 17.6 Å². The number of fused-ring (bicyclic) bond motifs is 2. The number of halogens is 4. The third-order valence-corrected chi connectivity index (χ3v) is 6.34. The summed E-state index contributed by atoms with van der Waals surface area (Å²) in [5, 5.41) is 0. The van der Waals surface area contributed by atoms with Gasteiger partial charge in [-0.05, 0) is 80.5 Å². The molecule has 0 spiro atoms. The molecule has 2 bridgehead atoms. The van der Waals surface area contributed by atoms with E-state index in [1.165, 1.54) is 37.1 Å². The number of benzene rings is 2. The van der Waals surface area contributed by atoms with Crippen molar-refractivity contribution in [2.75, 3.05) is 7.05 Å². The average molecular weight is 377 g/mol. The van der Waals surface area contributed by atoms with Crippen molar-refractivity contribution in [1.82, 2.24) is 4.90 Å². The summed E-state index contributed by atoms with van der Waals surface area (Å²) in [5.74, 6) is -2.76. The highest BCUT2D eigenvalue weighted by atomic mass is 19.1. The Balaban J connectivity index is 1.68. The van der Waals surface area contributed by atoms with Crippen molar-refractivity contribution in [2.24, 2.45) is 5.92 Å². The zero-order valence-electron chi connectivity index (χ0n) is 15.3. The minimum atomic E-state index is -0.671. The Labute approximate surface area is 157 Å². The second-order valence-electron chi connectivity index (χ2n) is 8.08. The molecule has 2 heterocycles. The minimum Gasteiger partial charge on any atom is -0.300 e. The first-order chi connectivity index (χ1) is 12.9. The molecular weight excluding hydrogens is 354 g/mol. The topological polar surface area (TPSA) is 3.24 Å². The monoisotopic (exact) mass is 377 g/mol. The van der Waals surface area contributed by atoms with Gasteiger partial charge in [-0.3, -0.25) is 0 Å². The Morgan fingerprint density at radius 2 is 1.19 bits per heavy atom. The number of nitrogens with zero attached hydrogens (tertiary/aromatic N) is 1. The lowest BCUT2D eigenvalue weighted by Crippen LogP contribution is -2.40. The maximum absolute atomic E-state index is 13.8. The fraction of sp³-hybridized carbons (Fsp3) is 0.455. The van der Waals surface area contributed by atoms with E-state index in [1.54, 1.807) is 0 Å². The molecule has 0 aromatic heterocycles. The number of rotatable bonds is 4. The van der Waals surface area contributed by atoms with Gasteiger partial charge in [0.2, 0.25) is 0 Å². The predicted molar refractivity (Wildman–Crippen MR) is 96.5 cm³/mol. The highest BCUT2D eigenvalue weighted by Crippen LogP contribution is 2.43. The molecule has 0 aliphatic carbocycles. The first-order valence-corrected chi connectivity index (χ1v) is 9.53. The quantitative estimate of drug-likeness (QED) is 0.624. The zero-order valence-corrected chi connectivity index (χ0v) is 15.3. The third-order valence-electron chi connectivity index (χ3n) is 6.34. The van der Waals surface area contributed by atoms with E-state index in [1.807, 2.05) is 0 Å². The Hall–Kier alpha value is -1.88. The van der Waals surface area contributed by atoms with Crippen LogP contribution in [0.1, 0.15) is 49.1 Å². The van der Waals surface area contributed by atoms with Gasteiger partial charge in [-0.1, -0.05) is 0 Å². The number of hydrogen-bond donors (Lipinski definition) is 0. The van der Waals surface area contributed by atoms with Crippen LogP contribution in [0.3, 0.4) is 0 Å². The van der Waals surface area contributed by atoms with Gasteiger partial charge in [-0.2, -0.15) is 0 Å². The summed E-state index contributed by atoms with van der Waals surface area (Å²) in [7, 11) is 2.15. The van der Waals surface area contributed by atoms with Gasteiger partial charge >= 0.3 is 0 Å². The van der Waals surface area contributed by atoms with Crippen molar-refractivity contribution < 1.29 is 17.6 Å². The molecule has 2 aromatic rings. The lowest BCUT2D eigenvalue weighted by Gasteiger charge is -2.38. The minimum absolute atomic E-state index is 0.362. The fourth-order valence-corrected chi connectivity index (χ4v) is 5.07. The van der Waals surface area contributed by atoms with Crippen LogP contribution in [0.15, 0.2) is 36.4 Å². The van der Waals surface area contributed by atoms with Gasteiger partial charge in [0.05, 0.1) is 0 Å². The van der Waals surface area contributed by atoms with Gasteiger partial charge < -0.3 is 4.90 Å². The van der Waals surface area contributed by atoms with Gasteiger partial charge in [0.15, 0.2) is 0 Å². The van der Waals surface area contributed by atoms with E-state index in [0.717, 1.165) is 25.0 Å². The van der Waals surface area contributed by atoms with Crippen LogP contribution < -0.4 is 0 Å². The highest BCUT2D eigenvalue weighted by molar-refractivity contribution is 5.34. The van der Waals surface area contributed by atoms with Crippen molar-refractivity contribution in [3.63, 3.8) is 0 Å². The van der Waals surface area contributed by atoms with E-state index in [9.17, 15) is 17.6 Å². The molecule has 2 saturated heterocycles. The van der Waals surface area contributed by atoms with Gasteiger partial charge in [-0.15, -0.1) is 0 Å². The summed E-state index contributed by atoms with van der Waals surface area (Å²) in [6.45, 7) is 0. The standard InChI is InChI=1S/C22H23F4N/c1-27-20-2-3-21(27)5-13(4-20)6-22(14-7-16(23)11-17(24)8-14)15-9-18(25)12-19(26)10-15/h7-13,20-22H,2-6H2,1H3/t13?,20-,21+. The molecule has 1 nitrogen and oxygen atoms in total. The summed E-state index contributed by atoms with van der Waals surface area (Å²) in [5.41, 5.74) is 0.868. The summed E-state index contributed by atoms with van der Waals surface area (Å²) in [6, 6.07) is 7.82. The molecule has 2 fully saturated rings. The van der Waals surface area contributed by atoms with Crippen molar-refractivity contribution in [3.05, 3.63) is 70.8 Å². The van der Waals surface area contributed by atoms with E-state index in [0.29, 0.717) is 35.5 Å². The molecule has 0 radical (unpaired) electrons. The van der Waals surface area contributed by atoms with E-state index >= 15 is 0 Å². The largest absolute Gasteiger partial charge is 0.300 e. The average Bonchev–Trinajstić information content (AvgIpc) is 2.79. The van der Waals surface area contributed by atoms with E-state index < -0.39 is 29.2 Å². The lowest BCUT2D eigenvalue weighted by atomic mass is 9.78. The molecule has 0 saturated carbocycles. The van der Waals surface area contributed by atoms with Crippen LogP contribution in [-0.2, 0) is 0 Å². The second kappa shape index (κ2) is 7.27. The van der Waals surface area contributed by atoms with E-state index in [2.05, 4.69) is 11.9 Å². The van der Waals surface area contributed by atoms with E-state index in [4.69, 9.17) is 0 Å². The molecule has 2 aliphatic heterocycles. The first kappa shape index (κ1) is 18.5. The number of hydrogen-bond acceptors (Lipinski definition) is 1. The van der Waals surface area contributed by atoms with Crippen molar-refractivity contribution in [3.8, 4) is 0 Å². The summed E-state index contributed by atoms with van der Waals surface area (Å²) in [4.78, 5) is 2.43. The van der Waals surface area contributed by atoms with Crippen molar-refractivity contribution in [2.45, 2.75) is 50.1 Å². The highest BCUT2D eigenvalue weighted by Gasteiger charge is 2.39. The lowest BCUT2D eigenvalue weighted by molar-refractivity contribution is 0.127. The Kier molecular flexibility index (Phi) is 4.97. The molecular formula is C22H23F4N. The molecule has 0 amide bonds. The Morgan fingerprint density at radius 1 is 0.778 bits per heavy atom. The van der Waals surface area contributed by atoms with Crippen LogP contribution in [0.2, 0.25) is 0 Å². The van der Waals surface area contributed by atoms with Gasteiger partial charge in [0.25, 0.3) is 0 Å². The van der Waals surface area contributed by atoms with Crippen LogP contribution >= 0.6 is 0 Å². The molecule has 1 unspecified atom stereocenters. The predicted octanol–water partition coefficient (Wildman–Crippen LogP) is 5.64. The smallest absolute Gasteiger partial charge is 0.126 e. The summed E-state index contributed by atoms with van der Waals surface area (Å²) >= 11 is 0. The van der Waals surface area contributed by atoms with Gasteiger partial charge in [-0.25, -0.2) is 17.6 Å². The fourth-order valence-electron chi connectivity index (χ4n) is 5.07. The molecule has 2 aromatic carbocycles. The van der Waals surface area contributed by atoms with Crippen LogP contribution in [0, 0.1) is 29.2 Å². The van der Waals surface area contributed by atoms with Crippen LogP contribution in [0.5, 0.6) is 0 Å². The molecule has 0 N–H and O–H groups in total. The Morgan fingerprint density at radius 3 is 1.59 bits per heavy atom. The molecule has 4 rings (SSSR count). The van der Waals surface area contributed by atoms with Crippen molar-refractivity contribution in [1.29, 1.82) is 0 Å². The molecule has 5 heteroatoms. The summed E-state index contributed by atoms with van der Waals surface area (Å²) < 4.78 is 55.3. The maximum atomic E-state index is 13.8. The zero-order chi connectivity index (χ0) is 19.1. The van der Waals surface area contributed by atoms with Crippen LogP contribution in [0.25, 0.3) is 0 Å².